The van der Waals surface area contributed by atoms with Crippen molar-refractivity contribution in [1.82, 2.24) is 4.98 Å². The third kappa shape index (κ3) is 2.84. The van der Waals surface area contributed by atoms with Gasteiger partial charge in [-0.25, -0.2) is 0 Å². The fourth-order valence-electron chi connectivity index (χ4n) is 1.73. The van der Waals surface area contributed by atoms with E-state index in [2.05, 4.69) is 4.98 Å². The van der Waals surface area contributed by atoms with Crippen LogP contribution in [0.2, 0.25) is 4.34 Å². The molecule has 2 atom stereocenters. The van der Waals surface area contributed by atoms with Crippen LogP contribution in [0.3, 0.4) is 0 Å². The number of nitrogens with zero attached hydrogens (tertiary/aromatic N) is 1. The lowest BCUT2D eigenvalue weighted by molar-refractivity contribution is 0.151. The van der Waals surface area contributed by atoms with Gasteiger partial charge in [-0.15, -0.1) is 11.3 Å². The van der Waals surface area contributed by atoms with Crippen molar-refractivity contribution in [3.63, 3.8) is 0 Å². The third-order valence-corrected chi connectivity index (χ3v) is 3.93. The Morgan fingerprint density at radius 1 is 1.41 bits per heavy atom. The number of nitrogens with two attached hydrogens (primary N) is 1. The molecule has 0 radical (unpaired) electrons. The zero-order chi connectivity index (χ0) is 12.3. The van der Waals surface area contributed by atoms with Gasteiger partial charge in [-0.2, -0.15) is 0 Å². The molecule has 3 N–H and O–H groups in total. The highest BCUT2D eigenvalue weighted by Crippen LogP contribution is 2.35. The van der Waals surface area contributed by atoms with Crippen LogP contribution >= 0.6 is 22.9 Å². The second-order valence-corrected chi connectivity index (χ2v) is 5.46. The second kappa shape index (κ2) is 5.60. The van der Waals surface area contributed by atoms with Crippen molar-refractivity contribution < 1.29 is 5.11 Å². The number of hydrogen-bond donors (Lipinski definition) is 2. The molecule has 0 aliphatic rings. The number of aliphatic hydroxyl groups excluding tert-OH is 1. The maximum atomic E-state index is 10.3. The number of aromatic nitrogens is 1. The fourth-order valence-corrected chi connectivity index (χ4v) is 2.84. The van der Waals surface area contributed by atoms with Gasteiger partial charge in [0.25, 0.3) is 0 Å². The van der Waals surface area contributed by atoms with Gasteiger partial charge < -0.3 is 10.8 Å². The van der Waals surface area contributed by atoms with Crippen molar-refractivity contribution >= 4 is 22.9 Å². The molecule has 2 unspecified atom stereocenters. The van der Waals surface area contributed by atoms with Gasteiger partial charge in [-0.1, -0.05) is 17.7 Å². The van der Waals surface area contributed by atoms with E-state index in [1.54, 1.807) is 18.5 Å². The minimum atomic E-state index is -0.637. The summed E-state index contributed by atoms with van der Waals surface area (Å²) in [7, 11) is 0. The Balaban J connectivity index is 2.25. The van der Waals surface area contributed by atoms with E-state index in [0.29, 0.717) is 10.9 Å². The maximum Gasteiger partial charge on any atom is 0.0963 e. The summed E-state index contributed by atoms with van der Waals surface area (Å²) < 4.78 is 0.668. The smallest absolute Gasteiger partial charge is 0.0963 e. The van der Waals surface area contributed by atoms with Crippen molar-refractivity contribution in [2.45, 2.75) is 12.0 Å². The SMILES string of the molecule is NCC(c1cccnc1)C(O)c1ccc(Cl)s1. The van der Waals surface area contributed by atoms with Crippen LogP contribution in [0.15, 0.2) is 36.7 Å². The Morgan fingerprint density at radius 2 is 2.24 bits per heavy atom. The van der Waals surface area contributed by atoms with Crippen LogP contribution in [-0.4, -0.2) is 16.6 Å². The molecule has 0 saturated heterocycles. The summed E-state index contributed by atoms with van der Waals surface area (Å²) in [6, 6.07) is 7.37. The minimum Gasteiger partial charge on any atom is -0.387 e. The zero-order valence-electron chi connectivity index (χ0n) is 9.08. The molecule has 2 aromatic heterocycles. The highest BCUT2D eigenvalue weighted by molar-refractivity contribution is 7.16. The van der Waals surface area contributed by atoms with Gasteiger partial charge >= 0.3 is 0 Å². The molecule has 3 nitrogen and oxygen atoms in total. The van der Waals surface area contributed by atoms with E-state index in [1.165, 1.54) is 11.3 Å². The Morgan fingerprint density at radius 3 is 2.76 bits per heavy atom. The molecular weight excluding hydrogens is 256 g/mol. The van der Waals surface area contributed by atoms with E-state index in [4.69, 9.17) is 17.3 Å². The van der Waals surface area contributed by atoms with Gasteiger partial charge in [0.05, 0.1) is 10.4 Å². The number of thiophene rings is 1. The van der Waals surface area contributed by atoms with Crippen LogP contribution in [-0.2, 0) is 0 Å². The Labute approximate surface area is 109 Å². The van der Waals surface area contributed by atoms with E-state index in [9.17, 15) is 5.11 Å². The number of aliphatic hydroxyl groups is 1. The van der Waals surface area contributed by atoms with Crippen molar-refractivity contribution in [1.29, 1.82) is 0 Å². The summed E-state index contributed by atoms with van der Waals surface area (Å²) in [6.45, 7) is 0.363. The first-order chi connectivity index (χ1) is 8.22. The van der Waals surface area contributed by atoms with Crippen LogP contribution in [0.1, 0.15) is 22.5 Å². The number of rotatable bonds is 4. The monoisotopic (exact) mass is 268 g/mol. The zero-order valence-corrected chi connectivity index (χ0v) is 10.7. The summed E-state index contributed by atoms with van der Waals surface area (Å²) in [5, 5.41) is 10.3. The standard InChI is InChI=1S/C12H13ClN2OS/c13-11-4-3-10(17-11)12(16)9(6-14)8-2-1-5-15-7-8/h1-5,7,9,12,16H,6,14H2. The molecule has 0 aliphatic carbocycles. The van der Waals surface area contributed by atoms with E-state index >= 15 is 0 Å². The largest absolute Gasteiger partial charge is 0.387 e. The quantitative estimate of drug-likeness (QED) is 0.896. The molecule has 0 saturated carbocycles. The molecule has 2 heterocycles. The molecule has 0 bridgehead atoms. The molecule has 0 aromatic carbocycles. The lowest BCUT2D eigenvalue weighted by atomic mass is 9.94. The van der Waals surface area contributed by atoms with Crippen LogP contribution in [0, 0.1) is 0 Å². The summed E-state index contributed by atoms with van der Waals surface area (Å²) in [6.07, 6.45) is 2.79. The normalized spacial score (nSPS) is 14.5. The van der Waals surface area contributed by atoms with Crippen molar-refractivity contribution in [2.24, 2.45) is 5.73 Å². The summed E-state index contributed by atoms with van der Waals surface area (Å²) in [5.41, 5.74) is 6.67. The molecular formula is C12H13ClN2OS. The molecule has 0 amide bonds. The van der Waals surface area contributed by atoms with Gasteiger partial charge in [0.15, 0.2) is 0 Å². The van der Waals surface area contributed by atoms with E-state index in [1.807, 2.05) is 18.2 Å². The average molecular weight is 269 g/mol. The van der Waals surface area contributed by atoms with Gasteiger partial charge in [-0.3, -0.25) is 4.98 Å². The Kier molecular flexibility index (Phi) is 4.12. The van der Waals surface area contributed by atoms with Crippen molar-refractivity contribution in [2.75, 3.05) is 6.54 Å². The molecule has 17 heavy (non-hydrogen) atoms. The molecule has 90 valence electrons. The topological polar surface area (TPSA) is 59.1 Å². The van der Waals surface area contributed by atoms with Crippen molar-refractivity contribution in [3.8, 4) is 0 Å². The van der Waals surface area contributed by atoms with E-state index < -0.39 is 6.10 Å². The molecule has 2 aromatic rings. The van der Waals surface area contributed by atoms with Gasteiger partial charge in [0.2, 0.25) is 0 Å². The molecule has 5 heteroatoms. The highest BCUT2D eigenvalue weighted by Gasteiger charge is 2.22. The molecule has 0 aliphatic heterocycles. The summed E-state index contributed by atoms with van der Waals surface area (Å²) >= 11 is 7.24. The first kappa shape index (κ1) is 12.5. The van der Waals surface area contributed by atoms with E-state index in [0.717, 1.165) is 10.4 Å². The van der Waals surface area contributed by atoms with E-state index in [-0.39, 0.29) is 5.92 Å². The Bertz CT molecular complexity index is 474. The third-order valence-electron chi connectivity index (χ3n) is 2.63. The highest BCUT2D eigenvalue weighted by atomic mass is 35.5. The summed E-state index contributed by atoms with van der Waals surface area (Å²) in [5.74, 6) is -0.154. The predicted octanol–water partition coefficient (Wildman–Crippen LogP) is 2.57. The number of pyridine rings is 1. The van der Waals surface area contributed by atoms with Gasteiger partial charge in [0.1, 0.15) is 0 Å². The van der Waals surface area contributed by atoms with Gasteiger partial charge in [0, 0.05) is 29.7 Å². The fraction of sp³-hybridized carbons (Fsp3) is 0.250. The first-order valence-corrected chi connectivity index (χ1v) is 6.45. The minimum absolute atomic E-state index is 0.154. The van der Waals surface area contributed by atoms with Crippen molar-refractivity contribution in [3.05, 3.63) is 51.4 Å². The average Bonchev–Trinajstić information content (AvgIpc) is 2.78. The van der Waals surface area contributed by atoms with Crippen LogP contribution in [0.4, 0.5) is 0 Å². The van der Waals surface area contributed by atoms with Crippen LogP contribution in [0.5, 0.6) is 0 Å². The lowest BCUT2D eigenvalue weighted by Gasteiger charge is -2.20. The molecule has 0 spiro atoms. The van der Waals surface area contributed by atoms with Gasteiger partial charge in [-0.05, 0) is 23.8 Å². The number of halogens is 1. The predicted molar refractivity (Wildman–Crippen MR) is 70.3 cm³/mol. The lowest BCUT2D eigenvalue weighted by Crippen LogP contribution is -2.19. The first-order valence-electron chi connectivity index (χ1n) is 5.25. The second-order valence-electron chi connectivity index (χ2n) is 3.72. The number of hydrogen-bond acceptors (Lipinski definition) is 4. The van der Waals surface area contributed by atoms with Crippen LogP contribution in [0.25, 0.3) is 0 Å². The van der Waals surface area contributed by atoms with Crippen LogP contribution < -0.4 is 5.73 Å². The summed E-state index contributed by atoms with van der Waals surface area (Å²) in [4.78, 5) is 4.87. The Hall–Kier alpha value is -0.940. The maximum absolute atomic E-state index is 10.3. The molecule has 2 rings (SSSR count). The molecule has 0 fully saturated rings.